The Labute approximate surface area is 114 Å². The van der Waals surface area contributed by atoms with Crippen LogP contribution in [0.25, 0.3) is 0 Å². The van der Waals surface area contributed by atoms with Gasteiger partial charge in [0, 0.05) is 13.1 Å². The lowest BCUT2D eigenvalue weighted by Gasteiger charge is -2.25. The molecule has 0 aliphatic rings. The Balaban J connectivity index is 2.79. The van der Waals surface area contributed by atoms with Crippen molar-refractivity contribution in [3.8, 4) is 5.75 Å². The summed E-state index contributed by atoms with van der Waals surface area (Å²) in [7, 11) is 0. The highest BCUT2D eigenvalue weighted by Crippen LogP contribution is 2.25. The molecule has 3 nitrogen and oxygen atoms in total. The fourth-order valence-corrected chi connectivity index (χ4v) is 1.92. The van der Waals surface area contributed by atoms with Crippen LogP contribution in [-0.4, -0.2) is 30.0 Å². The SMILES string of the molecule is CCC(Oc1ccccc1Cl)C(=O)N(CC)CC. The summed E-state index contributed by atoms with van der Waals surface area (Å²) in [6.45, 7) is 7.24. The minimum Gasteiger partial charge on any atom is -0.479 e. The second-order valence-electron chi connectivity index (χ2n) is 3.96. The van der Waals surface area contributed by atoms with Gasteiger partial charge in [0.1, 0.15) is 5.75 Å². The van der Waals surface area contributed by atoms with Gasteiger partial charge < -0.3 is 9.64 Å². The van der Waals surface area contributed by atoms with Gasteiger partial charge in [-0.05, 0) is 32.4 Å². The molecule has 0 bridgehead atoms. The van der Waals surface area contributed by atoms with E-state index in [1.165, 1.54) is 0 Å². The lowest BCUT2D eigenvalue weighted by Crippen LogP contribution is -2.41. The Morgan fingerprint density at radius 3 is 2.39 bits per heavy atom. The molecule has 0 spiro atoms. The van der Waals surface area contributed by atoms with Crippen molar-refractivity contribution in [2.24, 2.45) is 0 Å². The average Bonchev–Trinajstić information content (AvgIpc) is 2.39. The van der Waals surface area contributed by atoms with Crippen LogP contribution in [-0.2, 0) is 4.79 Å². The Bertz CT molecular complexity index is 391. The van der Waals surface area contributed by atoms with E-state index in [1.807, 2.05) is 32.9 Å². The van der Waals surface area contributed by atoms with Gasteiger partial charge in [0.15, 0.2) is 6.10 Å². The van der Waals surface area contributed by atoms with E-state index in [1.54, 1.807) is 17.0 Å². The van der Waals surface area contributed by atoms with E-state index in [9.17, 15) is 4.79 Å². The molecule has 0 aromatic heterocycles. The third-order valence-corrected chi connectivity index (χ3v) is 3.14. The van der Waals surface area contributed by atoms with Crippen LogP contribution in [0.1, 0.15) is 27.2 Å². The Kier molecular flexibility index (Phi) is 5.99. The van der Waals surface area contributed by atoms with Gasteiger partial charge >= 0.3 is 0 Å². The van der Waals surface area contributed by atoms with Gasteiger partial charge in [-0.3, -0.25) is 4.79 Å². The number of rotatable bonds is 6. The number of likely N-dealkylation sites (N-methyl/N-ethyl adjacent to an activating group) is 1. The van der Waals surface area contributed by atoms with Crippen molar-refractivity contribution >= 4 is 17.5 Å². The fourth-order valence-electron chi connectivity index (χ4n) is 1.74. The van der Waals surface area contributed by atoms with Crippen LogP contribution in [0.4, 0.5) is 0 Å². The highest BCUT2D eigenvalue weighted by molar-refractivity contribution is 6.32. The molecule has 0 N–H and O–H groups in total. The highest BCUT2D eigenvalue weighted by Gasteiger charge is 2.23. The summed E-state index contributed by atoms with van der Waals surface area (Å²) < 4.78 is 5.72. The van der Waals surface area contributed by atoms with Crippen molar-refractivity contribution in [1.29, 1.82) is 0 Å². The molecule has 0 radical (unpaired) electrons. The fraction of sp³-hybridized carbons (Fsp3) is 0.500. The molecule has 0 saturated heterocycles. The van der Waals surface area contributed by atoms with Gasteiger partial charge in [0.25, 0.3) is 5.91 Å². The van der Waals surface area contributed by atoms with Crippen molar-refractivity contribution in [2.45, 2.75) is 33.3 Å². The number of halogens is 1. The Morgan fingerprint density at radius 1 is 1.28 bits per heavy atom. The monoisotopic (exact) mass is 269 g/mol. The number of amides is 1. The first-order valence-electron chi connectivity index (χ1n) is 6.33. The molecule has 1 aromatic rings. The zero-order valence-corrected chi connectivity index (χ0v) is 11.9. The van der Waals surface area contributed by atoms with E-state index in [0.29, 0.717) is 30.3 Å². The molecule has 1 unspecified atom stereocenters. The molecule has 4 heteroatoms. The molecule has 1 atom stereocenters. The van der Waals surface area contributed by atoms with Crippen LogP contribution < -0.4 is 4.74 Å². The normalized spacial score (nSPS) is 12.0. The molecule has 1 amide bonds. The van der Waals surface area contributed by atoms with E-state index in [0.717, 1.165) is 0 Å². The van der Waals surface area contributed by atoms with E-state index in [-0.39, 0.29) is 5.91 Å². The molecule has 0 aliphatic heterocycles. The molecule has 1 aromatic carbocycles. The predicted octanol–water partition coefficient (Wildman–Crippen LogP) is 3.37. The predicted molar refractivity (Wildman–Crippen MR) is 74.1 cm³/mol. The van der Waals surface area contributed by atoms with Crippen LogP contribution in [0, 0.1) is 0 Å². The first kappa shape index (κ1) is 14.8. The number of nitrogens with zero attached hydrogens (tertiary/aromatic N) is 1. The number of ether oxygens (including phenoxy) is 1. The van der Waals surface area contributed by atoms with Crippen LogP contribution >= 0.6 is 11.6 Å². The number of carbonyl (C=O) groups is 1. The number of benzene rings is 1. The van der Waals surface area contributed by atoms with Gasteiger partial charge in [-0.15, -0.1) is 0 Å². The average molecular weight is 270 g/mol. The molecule has 0 heterocycles. The summed E-state index contributed by atoms with van der Waals surface area (Å²) in [5, 5.41) is 0.531. The molecule has 0 aliphatic carbocycles. The van der Waals surface area contributed by atoms with Gasteiger partial charge in [0.05, 0.1) is 5.02 Å². The smallest absolute Gasteiger partial charge is 0.263 e. The van der Waals surface area contributed by atoms with Crippen molar-refractivity contribution in [3.63, 3.8) is 0 Å². The van der Waals surface area contributed by atoms with E-state index < -0.39 is 6.10 Å². The van der Waals surface area contributed by atoms with Crippen molar-refractivity contribution < 1.29 is 9.53 Å². The number of para-hydroxylation sites is 1. The molecule has 18 heavy (non-hydrogen) atoms. The minimum absolute atomic E-state index is 0.0161. The van der Waals surface area contributed by atoms with Crippen LogP contribution in [0.2, 0.25) is 5.02 Å². The van der Waals surface area contributed by atoms with Gasteiger partial charge in [-0.2, -0.15) is 0 Å². The maximum Gasteiger partial charge on any atom is 0.263 e. The standard InChI is InChI=1S/C14H20ClNO2/c1-4-12(14(17)16(5-2)6-3)18-13-10-8-7-9-11(13)15/h7-10,12H,4-6H2,1-3H3. The second-order valence-corrected chi connectivity index (χ2v) is 4.36. The Morgan fingerprint density at radius 2 is 1.89 bits per heavy atom. The second kappa shape index (κ2) is 7.27. The van der Waals surface area contributed by atoms with Gasteiger partial charge in [-0.1, -0.05) is 30.7 Å². The van der Waals surface area contributed by atoms with Crippen LogP contribution in [0.15, 0.2) is 24.3 Å². The summed E-state index contributed by atoms with van der Waals surface area (Å²) in [5.41, 5.74) is 0. The maximum absolute atomic E-state index is 12.2. The largest absolute Gasteiger partial charge is 0.479 e. The highest BCUT2D eigenvalue weighted by atomic mass is 35.5. The van der Waals surface area contributed by atoms with Gasteiger partial charge in [-0.25, -0.2) is 0 Å². The molecule has 100 valence electrons. The first-order valence-corrected chi connectivity index (χ1v) is 6.71. The molecule has 0 fully saturated rings. The van der Waals surface area contributed by atoms with Crippen molar-refractivity contribution in [1.82, 2.24) is 4.90 Å². The van der Waals surface area contributed by atoms with Gasteiger partial charge in [0.2, 0.25) is 0 Å². The lowest BCUT2D eigenvalue weighted by atomic mass is 10.2. The Hall–Kier alpha value is -1.22. The third-order valence-electron chi connectivity index (χ3n) is 2.83. The minimum atomic E-state index is -0.468. The number of hydrogen-bond acceptors (Lipinski definition) is 2. The van der Waals surface area contributed by atoms with E-state index in [2.05, 4.69) is 0 Å². The zero-order valence-electron chi connectivity index (χ0n) is 11.1. The molecule has 1 rings (SSSR count). The summed E-state index contributed by atoms with van der Waals surface area (Å²) in [5.74, 6) is 0.578. The molecular formula is C14H20ClNO2. The van der Waals surface area contributed by atoms with Crippen molar-refractivity contribution in [2.75, 3.05) is 13.1 Å². The van der Waals surface area contributed by atoms with Crippen LogP contribution in [0.5, 0.6) is 5.75 Å². The molecular weight excluding hydrogens is 250 g/mol. The van der Waals surface area contributed by atoms with E-state index in [4.69, 9.17) is 16.3 Å². The number of hydrogen-bond donors (Lipinski definition) is 0. The topological polar surface area (TPSA) is 29.5 Å². The quantitative estimate of drug-likeness (QED) is 0.792. The lowest BCUT2D eigenvalue weighted by molar-refractivity contribution is -0.138. The molecule has 0 saturated carbocycles. The summed E-state index contributed by atoms with van der Waals surface area (Å²) in [6, 6.07) is 7.21. The summed E-state index contributed by atoms with van der Waals surface area (Å²) >= 11 is 6.03. The van der Waals surface area contributed by atoms with Crippen LogP contribution in [0.3, 0.4) is 0 Å². The maximum atomic E-state index is 12.2. The zero-order chi connectivity index (χ0) is 13.5. The van der Waals surface area contributed by atoms with E-state index >= 15 is 0 Å². The summed E-state index contributed by atoms with van der Waals surface area (Å²) in [4.78, 5) is 14.0. The third kappa shape index (κ3) is 3.64. The first-order chi connectivity index (χ1) is 8.63. The number of carbonyl (C=O) groups excluding carboxylic acids is 1. The summed E-state index contributed by atoms with van der Waals surface area (Å²) in [6.07, 6.45) is 0.158. The van der Waals surface area contributed by atoms with Crippen molar-refractivity contribution in [3.05, 3.63) is 29.3 Å².